The first kappa shape index (κ1) is 29.5. The monoisotopic (exact) mass is 601 g/mol. The van der Waals surface area contributed by atoms with Gasteiger partial charge in [-0.1, -0.05) is 165 Å². The van der Waals surface area contributed by atoms with Crippen LogP contribution in [0.3, 0.4) is 0 Å². The molecule has 224 valence electrons. The number of fused-ring (bicyclic) bond motifs is 1. The molecule has 1 heteroatoms. The predicted octanol–water partition coefficient (Wildman–Crippen LogP) is 13.1. The third-order valence-electron chi connectivity index (χ3n) is 8.63. The van der Waals surface area contributed by atoms with Crippen molar-refractivity contribution in [3.8, 4) is 33.4 Å². The van der Waals surface area contributed by atoms with Crippen molar-refractivity contribution in [2.75, 3.05) is 4.90 Å². The van der Waals surface area contributed by atoms with Gasteiger partial charge < -0.3 is 4.90 Å². The van der Waals surface area contributed by atoms with Crippen molar-refractivity contribution in [1.29, 1.82) is 0 Å². The summed E-state index contributed by atoms with van der Waals surface area (Å²) >= 11 is 0. The van der Waals surface area contributed by atoms with Crippen molar-refractivity contribution < 1.29 is 0 Å². The largest absolute Gasteiger partial charge is 0.310 e. The van der Waals surface area contributed by atoms with E-state index in [1.54, 1.807) is 0 Å². The maximum Gasteiger partial charge on any atom is 0.0468 e. The van der Waals surface area contributed by atoms with E-state index in [4.69, 9.17) is 0 Å². The summed E-state index contributed by atoms with van der Waals surface area (Å²) in [7, 11) is 0. The maximum atomic E-state index is 4.10. The normalized spacial score (nSPS) is 11.3. The highest BCUT2D eigenvalue weighted by atomic mass is 15.1. The summed E-state index contributed by atoms with van der Waals surface area (Å²) in [6.45, 7) is 8.05. The van der Waals surface area contributed by atoms with Crippen molar-refractivity contribution in [2.24, 2.45) is 0 Å². The summed E-state index contributed by atoms with van der Waals surface area (Å²) in [6.07, 6.45) is 5.73. The molecule has 0 fully saturated rings. The van der Waals surface area contributed by atoms with E-state index < -0.39 is 0 Å². The number of benzene rings is 7. The molecule has 0 saturated heterocycles. The van der Waals surface area contributed by atoms with E-state index in [9.17, 15) is 0 Å². The standard InChI is InChI=1S/C46H35N/c1-3-14-34(4-2)45-32-31-42(33-46(45)38-17-9-6-10-18-38)47(40-27-23-36(24-28-40)35-15-7-5-8-16-35)41-29-25-39(26-30-41)44-22-13-20-37-19-11-12-21-43(37)44/h3-33H,1-2H2/b34-14+. The number of hydrogen-bond acceptors (Lipinski definition) is 1. The first-order chi connectivity index (χ1) is 23.2. The van der Waals surface area contributed by atoms with E-state index in [1.807, 2.05) is 18.2 Å². The quantitative estimate of drug-likeness (QED) is 0.149. The topological polar surface area (TPSA) is 3.24 Å². The van der Waals surface area contributed by atoms with Crippen LogP contribution in [0, 0.1) is 0 Å². The first-order valence-corrected chi connectivity index (χ1v) is 15.9. The summed E-state index contributed by atoms with van der Waals surface area (Å²) in [4.78, 5) is 2.34. The smallest absolute Gasteiger partial charge is 0.0468 e. The molecule has 7 rings (SSSR count). The molecule has 0 bridgehead atoms. The van der Waals surface area contributed by atoms with E-state index in [2.05, 4.69) is 188 Å². The SMILES string of the molecule is C=C/C=C(\C=C)c1ccc(N(c2ccc(-c3ccccc3)cc2)c2ccc(-c3cccc4ccccc34)cc2)cc1-c1ccccc1. The summed E-state index contributed by atoms with van der Waals surface area (Å²) < 4.78 is 0. The third-order valence-corrected chi connectivity index (χ3v) is 8.63. The molecule has 0 aliphatic rings. The molecule has 0 N–H and O–H groups in total. The summed E-state index contributed by atoms with van der Waals surface area (Å²) in [5.41, 5.74) is 12.5. The number of nitrogens with zero attached hydrogens (tertiary/aromatic N) is 1. The van der Waals surface area contributed by atoms with Crippen molar-refractivity contribution in [1.82, 2.24) is 0 Å². The molecule has 0 saturated carbocycles. The fourth-order valence-corrected chi connectivity index (χ4v) is 6.32. The zero-order chi connectivity index (χ0) is 32.0. The van der Waals surface area contributed by atoms with Gasteiger partial charge in [0.15, 0.2) is 0 Å². The lowest BCUT2D eigenvalue weighted by molar-refractivity contribution is 1.28. The molecule has 7 aromatic carbocycles. The molecule has 0 aromatic heterocycles. The number of hydrogen-bond donors (Lipinski definition) is 0. The van der Waals surface area contributed by atoms with Gasteiger partial charge in [-0.05, 0) is 91.7 Å². The Kier molecular flexibility index (Phi) is 8.44. The van der Waals surface area contributed by atoms with Gasteiger partial charge in [0.25, 0.3) is 0 Å². The summed E-state index contributed by atoms with van der Waals surface area (Å²) in [5, 5.41) is 2.50. The van der Waals surface area contributed by atoms with Crippen LogP contribution in [0.1, 0.15) is 5.56 Å². The van der Waals surface area contributed by atoms with Crippen molar-refractivity contribution >= 4 is 33.4 Å². The zero-order valence-corrected chi connectivity index (χ0v) is 26.3. The second kappa shape index (κ2) is 13.4. The van der Waals surface area contributed by atoms with Crippen LogP contribution in [0.5, 0.6) is 0 Å². The van der Waals surface area contributed by atoms with Gasteiger partial charge in [0.1, 0.15) is 0 Å². The second-order valence-electron chi connectivity index (χ2n) is 11.5. The molecule has 0 spiro atoms. The van der Waals surface area contributed by atoms with Crippen LogP contribution in [-0.4, -0.2) is 0 Å². The molecular weight excluding hydrogens is 567 g/mol. The van der Waals surface area contributed by atoms with Crippen LogP contribution in [0.15, 0.2) is 201 Å². The Labute approximate surface area is 277 Å². The highest BCUT2D eigenvalue weighted by molar-refractivity contribution is 5.97. The average Bonchev–Trinajstić information content (AvgIpc) is 3.15. The van der Waals surface area contributed by atoms with Crippen LogP contribution in [0.4, 0.5) is 17.1 Å². The Balaban J connectivity index is 1.37. The minimum absolute atomic E-state index is 1.03. The molecule has 0 unspecified atom stereocenters. The molecule has 0 heterocycles. The Hall–Kier alpha value is -6.18. The summed E-state index contributed by atoms with van der Waals surface area (Å²) in [5.74, 6) is 0. The Morgan fingerprint density at radius 3 is 1.64 bits per heavy atom. The number of anilines is 3. The fourth-order valence-electron chi connectivity index (χ4n) is 6.32. The molecule has 0 radical (unpaired) electrons. The van der Waals surface area contributed by atoms with Gasteiger partial charge in [-0.2, -0.15) is 0 Å². The number of allylic oxidation sites excluding steroid dienone is 4. The molecule has 47 heavy (non-hydrogen) atoms. The molecule has 7 aromatic rings. The fraction of sp³-hybridized carbons (Fsp3) is 0. The molecule has 0 atom stereocenters. The van der Waals surface area contributed by atoms with E-state index >= 15 is 0 Å². The molecule has 1 nitrogen and oxygen atoms in total. The van der Waals surface area contributed by atoms with Crippen LogP contribution >= 0.6 is 0 Å². The Bertz CT molecular complexity index is 2180. The van der Waals surface area contributed by atoms with E-state index in [0.717, 1.165) is 39.3 Å². The first-order valence-electron chi connectivity index (χ1n) is 15.9. The van der Waals surface area contributed by atoms with Gasteiger partial charge in [0.05, 0.1) is 0 Å². The van der Waals surface area contributed by atoms with Crippen LogP contribution < -0.4 is 4.90 Å². The van der Waals surface area contributed by atoms with Crippen molar-refractivity contribution in [3.05, 3.63) is 207 Å². The van der Waals surface area contributed by atoms with E-state index in [0.29, 0.717) is 0 Å². The van der Waals surface area contributed by atoms with Gasteiger partial charge in [-0.3, -0.25) is 0 Å². The van der Waals surface area contributed by atoms with Crippen LogP contribution in [0.25, 0.3) is 49.7 Å². The van der Waals surface area contributed by atoms with Crippen LogP contribution in [-0.2, 0) is 0 Å². The van der Waals surface area contributed by atoms with E-state index in [-0.39, 0.29) is 0 Å². The Morgan fingerprint density at radius 2 is 0.979 bits per heavy atom. The van der Waals surface area contributed by atoms with Gasteiger partial charge in [0, 0.05) is 17.1 Å². The molecule has 0 aliphatic carbocycles. The highest BCUT2D eigenvalue weighted by Crippen LogP contribution is 2.41. The molecule has 0 aliphatic heterocycles. The lowest BCUT2D eigenvalue weighted by atomic mass is 9.93. The molecular formula is C46H35N. The minimum Gasteiger partial charge on any atom is -0.310 e. The minimum atomic E-state index is 1.03. The van der Waals surface area contributed by atoms with Gasteiger partial charge >= 0.3 is 0 Å². The second-order valence-corrected chi connectivity index (χ2v) is 11.5. The average molecular weight is 602 g/mol. The number of rotatable bonds is 9. The predicted molar refractivity (Wildman–Crippen MR) is 203 cm³/mol. The summed E-state index contributed by atoms with van der Waals surface area (Å²) in [6, 6.07) is 60.6. The van der Waals surface area contributed by atoms with Crippen LogP contribution in [0.2, 0.25) is 0 Å². The van der Waals surface area contributed by atoms with Crippen molar-refractivity contribution in [2.45, 2.75) is 0 Å². The lowest BCUT2D eigenvalue weighted by Gasteiger charge is -2.27. The third kappa shape index (κ3) is 6.08. The highest BCUT2D eigenvalue weighted by Gasteiger charge is 2.17. The lowest BCUT2D eigenvalue weighted by Crippen LogP contribution is -2.10. The zero-order valence-electron chi connectivity index (χ0n) is 26.3. The van der Waals surface area contributed by atoms with Crippen molar-refractivity contribution in [3.63, 3.8) is 0 Å². The van der Waals surface area contributed by atoms with Gasteiger partial charge in [-0.15, -0.1) is 0 Å². The van der Waals surface area contributed by atoms with Gasteiger partial charge in [-0.25, -0.2) is 0 Å². The molecule has 0 amide bonds. The Morgan fingerprint density at radius 1 is 0.447 bits per heavy atom. The van der Waals surface area contributed by atoms with Gasteiger partial charge in [0.2, 0.25) is 0 Å². The van der Waals surface area contributed by atoms with E-state index in [1.165, 1.54) is 33.0 Å². The maximum absolute atomic E-state index is 4.10.